The molecule has 1 unspecified atom stereocenters. The summed E-state index contributed by atoms with van der Waals surface area (Å²) in [7, 11) is 0. The van der Waals surface area contributed by atoms with Crippen LogP contribution < -0.4 is 0 Å². The smallest absolute Gasteiger partial charge is 0.253 e. The van der Waals surface area contributed by atoms with E-state index in [4.69, 9.17) is 4.42 Å². The molecule has 0 bridgehead atoms. The van der Waals surface area contributed by atoms with E-state index in [1.165, 1.54) is 5.56 Å². The van der Waals surface area contributed by atoms with Crippen molar-refractivity contribution in [3.63, 3.8) is 0 Å². The van der Waals surface area contributed by atoms with E-state index >= 15 is 0 Å². The fraction of sp³-hybridized carbons (Fsp3) is 0.318. The van der Waals surface area contributed by atoms with Crippen molar-refractivity contribution >= 4 is 5.91 Å². The molecule has 4 rings (SSSR count). The van der Waals surface area contributed by atoms with Crippen LogP contribution in [0.1, 0.15) is 47.3 Å². The largest absolute Gasteiger partial charge is 0.445 e. The van der Waals surface area contributed by atoms with Crippen molar-refractivity contribution in [2.45, 2.75) is 31.6 Å². The van der Waals surface area contributed by atoms with Gasteiger partial charge in [-0.3, -0.25) is 9.78 Å². The lowest BCUT2D eigenvalue weighted by Crippen LogP contribution is -2.47. The average molecular weight is 361 g/mol. The number of oxazole rings is 1. The summed E-state index contributed by atoms with van der Waals surface area (Å²) in [6.45, 7) is 3.50. The lowest BCUT2D eigenvalue weighted by Gasteiger charge is -2.38. The molecule has 5 heteroatoms. The van der Waals surface area contributed by atoms with Crippen molar-refractivity contribution in [3.05, 3.63) is 83.8 Å². The van der Waals surface area contributed by atoms with Crippen LogP contribution in [0, 0.1) is 0 Å². The molecule has 1 atom stereocenters. The second-order valence-corrected chi connectivity index (χ2v) is 7.42. The zero-order valence-electron chi connectivity index (χ0n) is 15.5. The third-order valence-corrected chi connectivity index (χ3v) is 5.20. The van der Waals surface area contributed by atoms with Gasteiger partial charge in [-0.25, -0.2) is 4.98 Å². The van der Waals surface area contributed by atoms with E-state index in [1.807, 2.05) is 29.3 Å². The molecular weight excluding hydrogens is 338 g/mol. The number of likely N-dealkylation sites (tertiary alicyclic amines) is 1. The van der Waals surface area contributed by atoms with Crippen LogP contribution in [0.3, 0.4) is 0 Å². The molecule has 2 aromatic heterocycles. The minimum absolute atomic E-state index is 0.0411. The van der Waals surface area contributed by atoms with Gasteiger partial charge >= 0.3 is 0 Å². The van der Waals surface area contributed by atoms with E-state index < -0.39 is 0 Å². The summed E-state index contributed by atoms with van der Waals surface area (Å²) in [5.41, 5.74) is 1.60. The van der Waals surface area contributed by atoms with Gasteiger partial charge in [-0.05, 0) is 37.5 Å². The summed E-state index contributed by atoms with van der Waals surface area (Å²) in [5, 5.41) is 0. The van der Waals surface area contributed by atoms with Crippen LogP contribution in [0.2, 0.25) is 0 Å². The highest BCUT2D eigenvalue weighted by atomic mass is 16.4. The highest BCUT2D eigenvalue weighted by molar-refractivity contribution is 5.94. The minimum Gasteiger partial charge on any atom is -0.445 e. The highest BCUT2D eigenvalue weighted by Crippen LogP contribution is 2.34. The molecule has 3 aromatic rings. The van der Waals surface area contributed by atoms with Crippen LogP contribution in [0.5, 0.6) is 0 Å². The third kappa shape index (κ3) is 3.77. The molecule has 1 saturated heterocycles. The van der Waals surface area contributed by atoms with Crippen molar-refractivity contribution in [2.24, 2.45) is 0 Å². The van der Waals surface area contributed by atoms with Crippen molar-refractivity contribution in [3.8, 4) is 0 Å². The summed E-state index contributed by atoms with van der Waals surface area (Å²) < 4.78 is 6.10. The van der Waals surface area contributed by atoms with E-state index in [-0.39, 0.29) is 11.3 Å². The molecule has 1 aliphatic heterocycles. The van der Waals surface area contributed by atoms with Crippen molar-refractivity contribution < 1.29 is 9.21 Å². The molecule has 1 amide bonds. The first-order chi connectivity index (χ1) is 13.1. The fourth-order valence-electron chi connectivity index (χ4n) is 3.73. The quantitative estimate of drug-likeness (QED) is 0.708. The molecule has 0 spiro atoms. The molecule has 0 radical (unpaired) electrons. The fourth-order valence-corrected chi connectivity index (χ4v) is 3.73. The Morgan fingerprint density at radius 3 is 2.74 bits per heavy atom. The normalized spacial score (nSPS) is 19.8. The predicted molar refractivity (Wildman–Crippen MR) is 102 cm³/mol. The Bertz CT molecular complexity index is 908. The van der Waals surface area contributed by atoms with Gasteiger partial charge in [0, 0.05) is 37.5 Å². The first kappa shape index (κ1) is 17.5. The molecule has 0 aliphatic carbocycles. The van der Waals surface area contributed by atoms with E-state index in [0.717, 1.165) is 37.5 Å². The molecule has 0 saturated carbocycles. The first-order valence-electron chi connectivity index (χ1n) is 9.32. The summed E-state index contributed by atoms with van der Waals surface area (Å²) in [5.74, 6) is 1.62. The summed E-state index contributed by atoms with van der Waals surface area (Å²) in [6, 6.07) is 13.7. The van der Waals surface area contributed by atoms with Crippen LogP contribution in [-0.2, 0) is 11.8 Å². The van der Waals surface area contributed by atoms with Crippen LogP contribution in [0.15, 0.2) is 65.5 Å². The number of piperidine rings is 1. The molecular formula is C22H23N3O2. The molecule has 3 heterocycles. The monoisotopic (exact) mass is 361 g/mol. The molecule has 138 valence electrons. The maximum Gasteiger partial charge on any atom is 0.253 e. The number of benzene rings is 1. The number of hydrogen-bond donors (Lipinski definition) is 0. The Balaban J connectivity index is 1.50. The zero-order valence-corrected chi connectivity index (χ0v) is 15.5. The van der Waals surface area contributed by atoms with Crippen molar-refractivity contribution in [1.29, 1.82) is 0 Å². The summed E-state index contributed by atoms with van der Waals surface area (Å²) in [4.78, 5) is 23.3. The average Bonchev–Trinajstić information content (AvgIpc) is 3.18. The number of aromatic nitrogens is 2. The molecule has 0 N–H and O–H groups in total. The highest BCUT2D eigenvalue weighted by Gasteiger charge is 2.38. The van der Waals surface area contributed by atoms with Gasteiger partial charge in [-0.2, -0.15) is 0 Å². The maximum absolute atomic E-state index is 12.8. The number of nitrogens with zero attached hydrogens (tertiary/aromatic N) is 3. The molecule has 27 heavy (non-hydrogen) atoms. The number of amides is 1. The van der Waals surface area contributed by atoms with Gasteiger partial charge in [0.15, 0.2) is 0 Å². The summed E-state index contributed by atoms with van der Waals surface area (Å²) in [6.07, 6.45) is 7.74. The Kier molecular flexibility index (Phi) is 4.75. The van der Waals surface area contributed by atoms with Crippen LogP contribution in [0.4, 0.5) is 0 Å². The zero-order chi connectivity index (χ0) is 18.7. The number of carbonyl (C=O) groups is 1. The summed E-state index contributed by atoms with van der Waals surface area (Å²) >= 11 is 0. The van der Waals surface area contributed by atoms with E-state index in [2.05, 4.69) is 29.0 Å². The maximum atomic E-state index is 12.8. The minimum atomic E-state index is -0.268. The third-order valence-electron chi connectivity index (χ3n) is 5.20. The second-order valence-electron chi connectivity index (χ2n) is 7.42. The van der Waals surface area contributed by atoms with Gasteiger partial charge in [0.25, 0.3) is 5.91 Å². The molecule has 1 fully saturated rings. The van der Waals surface area contributed by atoms with E-state index in [1.54, 1.807) is 24.5 Å². The second kappa shape index (κ2) is 7.35. The van der Waals surface area contributed by atoms with Gasteiger partial charge in [-0.15, -0.1) is 0 Å². The van der Waals surface area contributed by atoms with Crippen LogP contribution in [0.25, 0.3) is 0 Å². The topological polar surface area (TPSA) is 59.2 Å². The Hall–Kier alpha value is -2.95. The SMILES string of the molecule is CC1(c2ncc(Cc3ccccc3)o2)CCCN(C(=O)c2ccncc2)C1. The molecule has 5 nitrogen and oxygen atoms in total. The lowest BCUT2D eigenvalue weighted by molar-refractivity contribution is 0.0626. The number of carbonyl (C=O) groups excluding carboxylic acids is 1. The first-order valence-corrected chi connectivity index (χ1v) is 9.32. The Morgan fingerprint density at radius 2 is 1.96 bits per heavy atom. The van der Waals surface area contributed by atoms with Gasteiger partial charge < -0.3 is 9.32 Å². The lowest BCUT2D eigenvalue weighted by atomic mass is 9.81. The Labute approximate surface area is 159 Å². The van der Waals surface area contributed by atoms with Gasteiger partial charge in [-0.1, -0.05) is 30.3 Å². The number of rotatable bonds is 4. The van der Waals surface area contributed by atoms with Gasteiger partial charge in [0.1, 0.15) is 5.76 Å². The standard InChI is InChI=1S/C22H23N3O2/c1-22(21-24-15-19(27-21)14-17-6-3-2-4-7-17)10-5-13-25(16-22)20(26)18-8-11-23-12-9-18/h2-4,6-9,11-12,15H,5,10,13-14,16H2,1H3. The van der Waals surface area contributed by atoms with Gasteiger partial charge in [0.05, 0.1) is 11.6 Å². The van der Waals surface area contributed by atoms with Crippen LogP contribution >= 0.6 is 0 Å². The number of pyridine rings is 1. The number of hydrogen-bond acceptors (Lipinski definition) is 4. The molecule has 1 aromatic carbocycles. The van der Waals surface area contributed by atoms with Crippen molar-refractivity contribution in [2.75, 3.05) is 13.1 Å². The predicted octanol–water partition coefficient (Wildman–Crippen LogP) is 3.85. The molecule has 1 aliphatic rings. The van der Waals surface area contributed by atoms with Crippen LogP contribution in [-0.4, -0.2) is 33.9 Å². The van der Waals surface area contributed by atoms with E-state index in [9.17, 15) is 4.79 Å². The van der Waals surface area contributed by atoms with E-state index in [0.29, 0.717) is 12.1 Å². The Morgan fingerprint density at radius 1 is 1.19 bits per heavy atom. The van der Waals surface area contributed by atoms with Crippen molar-refractivity contribution in [1.82, 2.24) is 14.9 Å². The van der Waals surface area contributed by atoms with Gasteiger partial charge in [0.2, 0.25) is 5.89 Å².